The lowest BCUT2D eigenvalue weighted by Crippen LogP contribution is -2.58. The fourth-order valence-electron chi connectivity index (χ4n) is 2.97. The van der Waals surface area contributed by atoms with Crippen LogP contribution < -0.4 is 20.9 Å². The van der Waals surface area contributed by atoms with E-state index in [0.29, 0.717) is 11.4 Å². The fraction of sp³-hybridized carbons (Fsp3) is 0.238. The maximum atomic E-state index is 14.8. The Morgan fingerprint density at radius 3 is 1.65 bits per heavy atom. The molecule has 0 heterocycles. The van der Waals surface area contributed by atoms with Gasteiger partial charge in [0.05, 0.1) is 5.92 Å². The van der Waals surface area contributed by atoms with Gasteiger partial charge in [0.25, 0.3) is 5.79 Å². The lowest BCUT2D eigenvalue weighted by molar-refractivity contribution is -0.315. The van der Waals surface area contributed by atoms with Gasteiger partial charge in [-0.05, 0) is 48.5 Å². The Kier molecular flexibility index (Phi) is 5.84. The average Bonchev–Trinajstić information content (AvgIpc) is 2.70. The van der Waals surface area contributed by atoms with Gasteiger partial charge in [0, 0.05) is 17.5 Å². The summed E-state index contributed by atoms with van der Waals surface area (Å²) in [5.74, 6) is -10.2. The highest BCUT2D eigenvalue weighted by Crippen LogP contribution is 2.47. The maximum absolute atomic E-state index is 14.8. The summed E-state index contributed by atoms with van der Waals surface area (Å²) < 4.78 is 92.7. The molecular weight excluding hydrogens is 426 g/mol. The molecule has 0 aliphatic heterocycles. The molecule has 2 unspecified atom stereocenters. The molecule has 0 bridgehead atoms. The molecule has 2 atom stereocenters. The summed E-state index contributed by atoms with van der Waals surface area (Å²) in [4.78, 5) is 0. The molecule has 31 heavy (non-hydrogen) atoms. The molecule has 0 spiro atoms. The number of ether oxygens (including phenoxy) is 2. The Bertz CT molecular complexity index is 908. The van der Waals surface area contributed by atoms with Crippen LogP contribution in [0, 0.1) is 5.92 Å². The molecule has 0 saturated carbocycles. The number of anilines is 2. The minimum atomic E-state index is -6.12. The van der Waals surface area contributed by atoms with E-state index in [9.17, 15) is 26.3 Å². The zero-order valence-corrected chi connectivity index (χ0v) is 15.8. The molecular formula is C21H18F6N2O2. The van der Waals surface area contributed by atoms with E-state index in [2.05, 4.69) is 0 Å². The first-order chi connectivity index (χ1) is 14.4. The molecule has 1 aliphatic carbocycles. The van der Waals surface area contributed by atoms with Gasteiger partial charge < -0.3 is 20.9 Å². The molecule has 4 nitrogen and oxygen atoms in total. The summed E-state index contributed by atoms with van der Waals surface area (Å²) in [6, 6.07) is 11.1. The van der Waals surface area contributed by atoms with Crippen LogP contribution in [0.4, 0.5) is 37.7 Å². The first-order valence-electron chi connectivity index (χ1n) is 8.98. The molecule has 0 amide bonds. The van der Waals surface area contributed by atoms with Crippen LogP contribution in [0.5, 0.6) is 11.5 Å². The van der Waals surface area contributed by atoms with E-state index in [1.165, 1.54) is 54.6 Å². The zero-order chi connectivity index (χ0) is 22.9. The predicted molar refractivity (Wildman–Crippen MR) is 103 cm³/mol. The summed E-state index contributed by atoms with van der Waals surface area (Å²) in [5, 5.41) is 0. The molecule has 10 heteroatoms. The van der Waals surface area contributed by atoms with Crippen LogP contribution in [0.1, 0.15) is 0 Å². The van der Waals surface area contributed by atoms with Gasteiger partial charge in [-0.1, -0.05) is 18.2 Å². The van der Waals surface area contributed by atoms with E-state index < -0.39 is 30.0 Å². The van der Waals surface area contributed by atoms with Gasteiger partial charge in [0.2, 0.25) is 0 Å². The second-order valence-corrected chi connectivity index (χ2v) is 6.86. The Balaban J connectivity index is 2.07. The SMILES string of the molecule is Nc1ccc(OC2(Oc3ccc(N)cc3)C=CC=CC2C(F)C(F)(F)C(F)(F)F)cc1. The van der Waals surface area contributed by atoms with Gasteiger partial charge in [-0.3, -0.25) is 0 Å². The number of nitrogen functional groups attached to an aromatic ring is 2. The molecule has 0 aromatic heterocycles. The number of rotatable bonds is 6. The molecule has 2 aromatic carbocycles. The number of nitrogens with two attached hydrogens (primary N) is 2. The highest BCUT2D eigenvalue weighted by molar-refractivity contribution is 5.44. The van der Waals surface area contributed by atoms with Crippen LogP contribution in [-0.4, -0.2) is 24.1 Å². The van der Waals surface area contributed by atoms with Crippen LogP contribution in [0.2, 0.25) is 0 Å². The number of halogens is 6. The third kappa shape index (κ3) is 4.57. The molecule has 0 saturated heterocycles. The highest BCUT2D eigenvalue weighted by atomic mass is 19.4. The minimum absolute atomic E-state index is 0.0112. The summed E-state index contributed by atoms with van der Waals surface area (Å²) in [6.07, 6.45) is -5.47. The Morgan fingerprint density at radius 1 is 0.774 bits per heavy atom. The standard InChI is InChI=1S/C21H18F6N2O2/c22-18(20(23,24)21(25,26)27)17-3-1-2-12-19(17,30-15-8-4-13(28)5-9-15)31-16-10-6-14(29)7-11-16/h1-12,17-18H,28-29H2. The van der Waals surface area contributed by atoms with Crippen molar-refractivity contribution in [1.82, 2.24) is 0 Å². The normalized spacial score (nSPS) is 19.1. The fourth-order valence-corrected chi connectivity index (χ4v) is 2.97. The van der Waals surface area contributed by atoms with Crippen molar-refractivity contribution in [2.24, 2.45) is 5.92 Å². The predicted octanol–water partition coefficient (Wildman–Crippen LogP) is 5.28. The smallest absolute Gasteiger partial charge is 0.448 e. The Morgan fingerprint density at radius 2 is 1.23 bits per heavy atom. The molecule has 4 N–H and O–H groups in total. The van der Waals surface area contributed by atoms with Crippen molar-refractivity contribution in [3.05, 3.63) is 72.8 Å². The van der Waals surface area contributed by atoms with E-state index in [4.69, 9.17) is 20.9 Å². The van der Waals surface area contributed by atoms with Gasteiger partial charge in [-0.25, -0.2) is 4.39 Å². The lowest BCUT2D eigenvalue weighted by Gasteiger charge is -2.41. The van der Waals surface area contributed by atoms with Crippen LogP contribution in [0.3, 0.4) is 0 Å². The van der Waals surface area contributed by atoms with Crippen molar-refractivity contribution >= 4 is 11.4 Å². The number of alkyl halides is 6. The number of allylic oxidation sites excluding steroid dienone is 2. The monoisotopic (exact) mass is 444 g/mol. The molecule has 2 aromatic rings. The summed E-state index contributed by atoms with van der Waals surface area (Å²) in [6.45, 7) is 0. The molecule has 1 aliphatic rings. The third-order valence-electron chi connectivity index (χ3n) is 4.58. The quantitative estimate of drug-likeness (QED) is 0.361. The van der Waals surface area contributed by atoms with Gasteiger partial charge in [-0.15, -0.1) is 0 Å². The van der Waals surface area contributed by atoms with Crippen molar-refractivity contribution in [2.75, 3.05) is 11.5 Å². The molecule has 0 radical (unpaired) electrons. The number of hydrogen-bond acceptors (Lipinski definition) is 4. The Labute approximate surface area is 173 Å². The zero-order valence-electron chi connectivity index (χ0n) is 15.8. The van der Waals surface area contributed by atoms with Crippen LogP contribution in [-0.2, 0) is 0 Å². The second-order valence-electron chi connectivity index (χ2n) is 6.86. The van der Waals surface area contributed by atoms with E-state index in [0.717, 1.165) is 18.2 Å². The maximum Gasteiger partial charge on any atom is 0.456 e. The van der Waals surface area contributed by atoms with Crippen molar-refractivity contribution in [3.8, 4) is 11.5 Å². The van der Waals surface area contributed by atoms with Crippen LogP contribution in [0.25, 0.3) is 0 Å². The van der Waals surface area contributed by atoms with Gasteiger partial charge in [0.1, 0.15) is 11.5 Å². The molecule has 166 valence electrons. The van der Waals surface area contributed by atoms with Crippen molar-refractivity contribution in [3.63, 3.8) is 0 Å². The summed E-state index contributed by atoms with van der Waals surface area (Å²) in [7, 11) is 0. The topological polar surface area (TPSA) is 70.5 Å². The van der Waals surface area contributed by atoms with E-state index >= 15 is 0 Å². The Hall–Kier alpha value is -3.30. The largest absolute Gasteiger partial charge is 0.456 e. The van der Waals surface area contributed by atoms with E-state index in [1.807, 2.05) is 0 Å². The van der Waals surface area contributed by atoms with Crippen LogP contribution >= 0.6 is 0 Å². The first kappa shape index (κ1) is 22.4. The van der Waals surface area contributed by atoms with Gasteiger partial charge in [0.15, 0.2) is 6.17 Å². The molecule has 3 rings (SSSR count). The van der Waals surface area contributed by atoms with E-state index in [-0.39, 0.29) is 11.5 Å². The van der Waals surface area contributed by atoms with Crippen molar-refractivity contribution in [2.45, 2.75) is 24.1 Å². The van der Waals surface area contributed by atoms with E-state index in [1.54, 1.807) is 0 Å². The van der Waals surface area contributed by atoms with Crippen molar-refractivity contribution < 1.29 is 35.8 Å². The number of benzene rings is 2. The highest BCUT2D eigenvalue weighted by Gasteiger charge is 2.68. The summed E-state index contributed by atoms with van der Waals surface area (Å²) >= 11 is 0. The lowest BCUT2D eigenvalue weighted by atomic mass is 9.85. The summed E-state index contributed by atoms with van der Waals surface area (Å²) in [5.41, 5.74) is 11.9. The third-order valence-corrected chi connectivity index (χ3v) is 4.58. The average molecular weight is 444 g/mol. The number of hydrogen-bond donors (Lipinski definition) is 2. The van der Waals surface area contributed by atoms with Gasteiger partial charge in [-0.2, -0.15) is 22.0 Å². The van der Waals surface area contributed by atoms with Crippen LogP contribution in [0.15, 0.2) is 72.8 Å². The van der Waals surface area contributed by atoms with Crippen molar-refractivity contribution in [1.29, 1.82) is 0 Å². The second kappa shape index (κ2) is 8.09. The first-order valence-corrected chi connectivity index (χ1v) is 8.98. The molecule has 0 fully saturated rings. The van der Waals surface area contributed by atoms with Gasteiger partial charge >= 0.3 is 12.1 Å². The minimum Gasteiger partial charge on any atom is -0.448 e.